The molecular weight excluding hydrogens is 332 g/mol. The number of amides is 2. The van der Waals surface area contributed by atoms with Gasteiger partial charge in [0.25, 0.3) is 0 Å². The third-order valence-electron chi connectivity index (χ3n) is 4.14. The first-order valence-electron chi connectivity index (χ1n) is 8.37. The van der Waals surface area contributed by atoms with E-state index in [1.54, 1.807) is 0 Å². The minimum Gasteiger partial charge on any atom is -0.481 e. The maximum absolute atomic E-state index is 13.8. The van der Waals surface area contributed by atoms with Crippen molar-refractivity contribution in [2.75, 3.05) is 19.6 Å². The van der Waals surface area contributed by atoms with Crippen molar-refractivity contribution in [2.24, 2.45) is 0 Å². The van der Waals surface area contributed by atoms with E-state index in [2.05, 4.69) is 10.6 Å². The number of carboxylic acids is 1. The second-order valence-electron chi connectivity index (χ2n) is 6.17. The van der Waals surface area contributed by atoms with Gasteiger partial charge in [0.2, 0.25) is 0 Å². The average Bonchev–Trinajstić information content (AvgIpc) is 2.55. The smallest absolute Gasteiger partial charge is 0.315 e. The molecule has 1 unspecified atom stereocenters. The quantitative estimate of drug-likeness (QED) is 0.654. The maximum atomic E-state index is 13.8. The van der Waals surface area contributed by atoms with Gasteiger partial charge in [-0.25, -0.2) is 13.6 Å². The van der Waals surface area contributed by atoms with Crippen LogP contribution in [0.3, 0.4) is 0 Å². The lowest BCUT2D eigenvalue weighted by atomic mass is 10.0. The second-order valence-corrected chi connectivity index (χ2v) is 6.17. The number of rotatable bonds is 7. The Morgan fingerprint density at radius 2 is 2.00 bits per heavy atom. The number of hydrogen-bond acceptors (Lipinski definition) is 3. The summed E-state index contributed by atoms with van der Waals surface area (Å²) in [5.41, 5.74) is 0.0428. The van der Waals surface area contributed by atoms with E-state index < -0.39 is 17.6 Å². The highest BCUT2D eigenvalue weighted by atomic mass is 19.1. The number of aliphatic carboxylic acids is 1. The molecule has 0 aliphatic carbocycles. The van der Waals surface area contributed by atoms with Crippen LogP contribution in [0.5, 0.6) is 0 Å². The Bertz CT molecular complexity index is 593. The highest BCUT2D eigenvalue weighted by Crippen LogP contribution is 2.18. The molecule has 8 heteroatoms. The van der Waals surface area contributed by atoms with Gasteiger partial charge in [0.15, 0.2) is 0 Å². The van der Waals surface area contributed by atoms with Crippen LogP contribution in [-0.2, 0) is 11.3 Å². The number of urea groups is 1. The summed E-state index contributed by atoms with van der Waals surface area (Å²) in [6.45, 7) is 1.68. The van der Waals surface area contributed by atoms with Crippen LogP contribution < -0.4 is 10.6 Å². The molecule has 0 spiro atoms. The minimum absolute atomic E-state index is 0.00565. The number of carboxylic acid groups (broad SMARTS) is 1. The second kappa shape index (κ2) is 9.31. The fourth-order valence-electron chi connectivity index (χ4n) is 2.90. The minimum atomic E-state index is -0.898. The van der Waals surface area contributed by atoms with E-state index in [-0.39, 0.29) is 37.1 Å². The lowest BCUT2D eigenvalue weighted by molar-refractivity contribution is -0.137. The van der Waals surface area contributed by atoms with Gasteiger partial charge < -0.3 is 15.7 Å². The molecule has 0 radical (unpaired) electrons. The van der Waals surface area contributed by atoms with Gasteiger partial charge in [0, 0.05) is 37.7 Å². The standard InChI is InChI=1S/C17H23F2N3O3/c18-14-5-1-6-15(19)13(14)11-22-9-3-4-12(10-22)21-17(25)20-8-2-7-16(23)24/h1,5-6,12H,2-4,7-11H2,(H,23,24)(H2,20,21,25). The lowest BCUT2D eigenvalue weighted by Crippen LogP contribution is -2.50. The van der Waals surface area contributed by atoms with Crippen molar-refractivity contribution in [2.45, 2.75) is 38.3 Å². The van der Waals surface area contributed by atoms with Crippen molar-refractivity contribution in [3.8, 4) is 0 Å². The first-order chi connectivity index (χ1) is 12.0. The van der Waals surface area contributed by atoms with E-state index >= 15 is 0 Å². The number of carbonyl (C=O) groups is 2. The molecule has 6 nitrogen and oxygen atoms in total. The van der Waals surface area contributed by atoms with Crippen LogP contribution in [0.4, 0.5) is 13.6 Å². The van der Waals surface area contributed by atoms with Gasteiger partial charge in [-0.3, -0.25) is 9.69 Å². The summed E-state index contributed by atoms with van der Waals surface area (Å²) in [5, 5.41) is 14.0. The normalized spacial score (nSPS) is 17.9. The molecule has 0 aromatic heterocycles. The van der Waals surface area contributed by atoms with Crippen LogP contribution in [0.1, 0.15) is 31.2 Å². The lowest BCUT2D eigenvalue weighted by Gasteiger charge is -2.33. The van der Waals surface area contributed by atoms with Gasteiger partial charge >= 0.3 is 12.0 Å². The van der Waals surface area contributed by atoms with Crippen LogP contribution in [-0.4, -0.2) is 47.7 Å². The fraction of sp³-hybridized carbons (Fsp3) is 0.529. The zero-order chi connectivity index (χ0) is 18.2. The molecule has 1 aromatic rings. The zero-order valence-electron chi connectivity index (χ0n) is 13.9. The molecule has 0 saturated carbocycles. The number of likely N-dealkylation sites (tertiary alicyclic amines) is 1. The largest absolute Gasteiger partial charge is 0.481 e. The molecule has 138 valence electrons. The molecule has 1 saturated heterocycles. The monoisotopic (exact) mass is 355 g/mol. The number of hydrogen-bond donors (Lipinski definition) is 3. The average molecular weight is 355 g/mol. The summed E-state index contributed by atoms with van der Waals surface area (Å²) < 4.78 is 27.5. The molecule has 25 heavy (non-hydrogen) atoms. The molecule has 3 N–H and O–H groups in total. The van der Waals surface area contributed by atoms with Crippen molar-refractivity contribution in [3.05, 3.63) is 35.4 Å². The SMILES string of the molecule is O=C(O)CCCNC(=O)NC1CCCN(Cc2c(F)cccc2F)C1. The van der Waals surface area contributed by atoms with Crippen LogP contribution in [0.25, 0.3) is 0 Å². The molecule has 1 aliphatic rings. The predicted octanol–water partition coefficient (Wildman–Crippen LogP) is 2.09. The van der Waals surface area contributed by atoms with E-state index in [1.165, 1.54) is 18.2 Å². The third kappa shape index (κ3) is 6.30. The van der Waals surface area contributed by atoms with Gasteiger partial charge in [-0.1, -0.05) is 6.07 Å². The van der Waals surface area contributed by atoms with Crippen LogP contribution in [0.15, 0.2) is 18.2 Å². The van der Waals surface area contributed by atoms with E-state index in [9.17, 15) is 18.4 Å². The van der Waals surface area contributed by atoms with E-state index in [1.807, 2.05) is 4.90 Å². The number of benzene rings is 1. The highest BCUT2D eigenvalue weighted by Gasteiger charge is 2.23. The summed E-state index contributed by atoms with van der Waals surface area (Å²) in [6, 6.07) is 3.35. The van der Waals surface area contributed by atoms with E-state index in [4.69, 9.17) is 5.11 Å². The Hall–Kier alpha value is -2.22. The van der Waals surface area contributed by atoms with Crippen molar-refractivity contribution >= 4 is 12.0 Å². The summed E-state index contributed by atoms with van der Waals surface area (Å²) >= 11 is 0. The van der Waals surface area contributed by atoms with E-state index in [0.29, 0.717) is 19.5 Å². The van der Waals surface area contributed by atoms with E-state index in [0.717, 1.165) is 12.8 Å². The molecule has 1 fully saturated rings. The Morgan fingerprint density at radius 1 is 1.28 bits per heavy atom. The zero-order valence-corrected chi connectivity index (χ0v) is 13.9. The fourth-order valence-corrected chi connectivity index (χ4v) is 2.90. The van der Waals surface area contributed by atoms with Crippen LogP contribution in [0.2, 0.25) is 0 Å². The number of nitrogens with one attached hydrogen (secondary N) is 2. The van der Waals surface area contributed by atoms with Gasteiger partial charge in [-0.2, -0.15) is 0 Å². The first kappa shape index (κ1) is 19.1. The number of nitrogens with zero attached hydrogens (tertiary/aromatic N) is 1. The molecule has 0 bridgehead atoms. The predicted molar refractivity (Wildman–Crippen MR) is 88.1 cm³/mol. The first-order valence-corrected chi connectivity index (χ1v) is 8.37. The molecule has 2 rings (SSSR count). The molecular formula is C17H23F2N3O3. The van der Waals surface area contributed by atoms with Crippen molar-refractivity contribution in [3.63, 3.8) is 0 Å². The summed E-state index contributed by atoms with van der Waals surface area (Å²) in [4.78, 5) is 24.1. The molecule has 1 aromatic carbocycles. The van der Waals surface area contributed by atoms with Crippen molar-refractivity contribution in [1.29, 1.82) is 0 Å². The Morgan fingerprint density at radius 3 is 2.68 bits per heavy atom. The number of piperidine rings is 1. The van der Waals surface area contributed by atoms with Crippen LogP contribution >= 0.6 is 0 Å². The van der Waals surface area contributed by atoms with Gasteiger partial charge in [-0.05, 0) is 37.9 Å². The molecule has 1 heterocycles. The third-order valence-corrected chi connectivity index (χ3v) is 4.14. The van der Waals surface area contributed by atoms with Crippen LogP contribution in [0, 0.1) is 11.6 Å². The number of carbonyl (C=O) groups excluding carboxylic acids is 1. The number of halogens is 2. The Balaban J connectivity index is 1.78. The van der Waals surface area contributed by atoms with Gasteiger partial charge in [0.05, 0.1) is 0 Å². The summed E-state index contributed by atoms with van der Waals surface area (Å²) in [6.07, 6.45) is 1.98. The molecule has 2 amide bonds. The summed E-state index contributed by atoms with van der Waals surface area (Å²) in [5.74, 6) is -2.02. The Labute approximate surface area is 145 Å². The maximum Gasteiger partial charge on any atom is 0.315 e. The highest BCUT2D eigenvalue weighted by molar-refractivity contribution is 5.74. The van der Waals surface area contributed by atoms with Crippen molar-refractivity contribution in [1.82, 2.24) is 15.5 Å². The Kier molecular flexibility index (Phi) is 7.12. The molecule has 1 aliphatic heterocycles. The topological polar surface area (TPSA) is 81.7 Å². The summed E-state index contributed by atoms with van der Waals surface area (Å²) in [7, 11) is 0. The van der Waals surface area contributed by atoms with Gasteiger partial charge in [0.1, 0.15) is 11.6 Å². The van der Waals surface area contributed by atoms with Crippen molar-refractivity contribution < 1.29 is 23.5 Å². The van der Waals surface area contributed by atoms with Gasteiger partial charge in [-0.15, -0.1) is 0 Å². The molecule has 1 atom stereocenters.